The van der Waals surface area contributed by atoms with Gasteiger partial charge in [0.25, 0.3) is 5.91 Å². The maximum atomic E-state index is 11.1. The first-order chi connectivity index (χ1) is 9.15. The third-order valence-corrected chi connectivity index (χ3v) is 3.01. The molecule has 2 rings (SSSR count). The zero-order valence-electron chi connectivity index (χ0n) is 11.0. The summed E-state index contributed by atoms with van der Waals surface area (Å²) in [7, 11) is 1.66. The largest absolute Gasteiger partial charge is 0.496 e. The molecule has 0 bridgehead atoms. The molecular weight excluding hydrogens is 240 g/mol. The van der Waals surface area contributed by atoms with Crippen LogP contribution in [0, 0.1) is 0 Å². The molecule has 1 heterocycles. The third-order valence-electron chi connectivity index (χ3n) is 3.01. The van der Waals surface area contributed by atoms with E-state index in [0.29, 0.717) is 0 Å². The fourth-order valence-electron chi connectivity index (χ4n) is 1.98. The van der Waals surface area contributed by atoms with Gasteiger partial charge in [0, 0.05) is 6.20 Å². The number of methoxy groups -OCH3 is 1. The van der Waals surface area contributed by atoms with Gasteiger partial charge in [-0.15, -0.1) is 0 Å². The van der Waals surface area contributed by atoms with Crippen LogP contribution in [0.25, 0.3) is 11.1 Å². The Bertz CT molecular complexity index is 609. The lowest BCUT2D eigenvalue weighted by molar-refractivity contribution is 0.0995. The van der Waals surface area contributed by atoms with Gasteiger partial charge in [-0.3, -0.25) is 9.78 Å². The van der Waals surface area contributed by atoms with Crippen LogP contribution in [0.3, 0.4) is 0 Å². The number of aromatic nitrogens is 1. The van der Waals surface area contributed by atoms with Gasteiger partial charge in [0.05, 0.1) is 7.11 Å². The lowest BCUT2D eigenvalue weighted by Gasteiger charge is -2.09. The van der Waals surface area contributed by atoms with Crippen LogP contribution in [0.1, 0.15) is 23.0 Å². The molecule has 4 nitrogen and oxygen atoms in total. The topological polar surface area (TPSA) is 65.2 Å². The number of pyridine rings is 1. The molecule has 1 aromatic heterocycles. The van der Waals surface area contributed by atoms with E-state index in [1.165, 1.54) is 0 Å². The molecular formula is C15H16N2O2. The minimum atomic E-state index is -0.522. The molecule has 0 aliphatic rings. The van der Waals surface area contributed by atoms with Crippen LogP contribution in [-0.4, -0.2) is 18.0 Å². The van der Waals surface area contributed by atoms with Gasteiger partial charge < -0.3 is 10.5 Å². The summed E-state index contributed by atoms with van der Waals surface area (Å²) in [5.74, 6) is 0.349. The molecule has 4 heteroatoms. The van der Waals surface area contributed by atoms with E-state index in [2.05, 4.69) is 18.0 Å². The highest BCUT2D eigenvalue weighted by Crippen LogP contribution is 2.27. The van der Waals surface area contributed by atoms with Gasteiger partial charge in [0.15, 0.2) is 0 Å². The van der Waals surface area contributed by atoms with Crippen LogP contribution in [0.2, 0.25) is 0 Å². The standard InChI is InChI=1S/C15H16N2O2/c1-3-10-8-11(4-5-14(10)19-2)12-6-7-17-13(9-12)15(16)18/h4-9H,3H2,1-2H3,(H2,16,18). The van der Waals surface area contributed by atoms with Crippen LogP contribution in [0.5, 0.6) is 5.75 Å². The summed E-state index contributed by atoms with van der Waals surface area (Å²) in [5.41, 5.74) is 8.57. The molecule has 1 aromatic carbocycles. The SMILES string of the molecule is CCc1cc(-c2ccnc(C(N)=O)c2)ccc1OC. The summed E-state index contributed by atoms with van der Waals surface area (Å²) in [6.45, 7) is 2.07. The van der Waals surface area contributed by atoms with Crippen LogP contribution < -0.4 is 10.5 Å². The average Bonchev–Trinajstić information content (AvgIpc) is 2.46. The Hall–Kier alpha value is -2.36. The van der Waals surface area contributed by atoms with Crippen molar-refractivity contribution in [1.82, 2.24) is 4.98 Å². The summed E-state index contributed by atoms with van der Waals surface area (Å²) < 4.78 is 5.30. The van der Waals surface area contributed by atoms with E-state index in [-0.39, 0.29) is 5.69 Å². The highest BCUT2D eigenvalue weighted by molar-refractivity contribution is 5.92. The Morgan fingerprint density at radius 2 is 2.00 bits per heavy atom. The number of carbonyl (C=O) groups excluding carboxylic acids is 1. The number of amides is 1. The highest BCUT2D eigenvalue weighted by atomic mass is 16.5. The second kappa shape index (κ2) is 5.52. The first kappa shape index (κ1) is 13.1. The zero-order valence-corrected chi connectivity index (χ0v) is 11.0. The van der Waals surface area contributed by atoms with Crippen molar-refractivity contribution in [3.63, 3.8) is 0 Å². The maximum Gasteiger partial charge on any atom is 0.267 e. The Morgan fingerprint density at radius 3 is 2.63 bits per heavy atom. The number of primary amides is 1. The Morgan fingerprint density at radius 1 is 1.26 bits per heavy atom. The highest BCUT2D eigenvalue weighted by Gasteiger charge is 2.07. The quantitative estimate of drug-likeness (QED) is 0.913. The normalized spacial score (nSPS) is 10.2. The number of benzene rings is 1. The van der Waals surface area contributed by atoms with E-state index in [9.17, 15) is 4.79 Å². The maximum absolute atomic E-state index is 11.1. The number of nitrogens with zero attached hydrogens (tertiary/aromatic N) is 1. The summed E-state index contributed by atoms with van der Waals surface area (Å²) in [6.07, 6.45) is 2.47. The summed E-state index contributed by atoms with van der Waals surface area (Å²) in [6, 6.07) is 9.49. The first-order valence-corrected chi connectivity index (χ1v) is 6.09. The van der Waals surface area contributed by atoms with Crippen molar-refractivity contribution < 1.29 is 9.53 Å². The van der Waals surface area contributed by atoms with Gasteiger partial charge in [-0.05, 0) is 47.4 Å². The van der Waals surface area contributed by atoms with Gasteiger partial charge in [-0.25, -0.2) is 0 Å². The molecule has 0 unspecified atom stereocenters. The van der Waals surface area contributed by atoms with E-state index in [1.54, 1.807) is 19.4 Å². The predicted octanol–water partition coefficient (Wildman–Crippen LogP) is 2.42. The van der Waals surface area contributed by atoms with E-state index in [1.807, 2.05) is 18.2 Å². The van der Waals surface area contributed by atoms with E-state index >= 15 is 0 Å². The zero-order chi connectivity index (χ0) is 13.8. The Labute approximate surface area is 112 Å². The van der Waals surface area contributed by atoms with Gasteiger partial charge in [0.1, 0.15) is 11.4 Å². The molecule has 2 N–H and O–H groups in total. The van der Waals surface area contributed by atoms with E-state index in [4.69, 9.17) is 10.5 Å². The van der Waals surface area contributed by atoms with Crippen LogP contribution in [0.4, 0.5) is 0 Å². The molecule has 0 saturated carbocycles. The van der Waals surface area contributed by atoms with Crippen molar-refractivity contribution >= 4 is 5.91 Å². The molecule has 0 radical (unpaired) electrons. The summed E-state index contributed by atoms with van der Waals surface area (Å²) in [5, 5.41) is 0. The Kier molecular flexibility index (Phi) is 3.80. The monoisotopic (exact) mass is 256 g/mol. The van der Waals surface area contributed by atoms with Gasteiger partial charge in [-0.1, -0.05) is 13.0 Å². The van der Waals surface area contributed by atoms with Crippen molar-refractivity contribution in [2.45, 2.75) is 13.3 Å². The predicted molar refractivity (Wildman–Crippen MR) is 74.1 cm³/mol. The van der Waals surface area contributed by atoms with Gasteiger partial charge in [0.2, 0.25) is 0 Å². The minimum Gasteiger partial charge on any atom is -0.496 e. The summed E-state index contributed by atoms with van der Waals surface area (Å²) in [4.78, 5) is 15.1. The second-order valence-corrected chi connectivity index (χ2v) is 4.17. The summed E-state index contributed by atoms with van der Waals surface area (Å²) >= 11 is 0. The molecule has 98 valence electrons. The van der Waals surface area contributed by atoms with E-state index in [0.717, 1.165) is 28.9 Å². The lowest BCUT2D eigenvalue weighted by Crippen LogP contribution is -2.12. The average molecular weight is 256 g/mol. The lowest BCUT2D eigenvalue weighted by atomic mass is 10.0. The fraction of sp³-hybridized carbons (Fsp3) is 0.200. The third kappa shape index (κ3) is 2.73. The Balaban J connectivity index is 2.47. The van der Waals surface area contributed by atoms with Gasteiger partial charge >= 0.3 is 0 Å². The van der Waals surface area contributed by atoms with Gasteiger partial charge in [-0.2, -0.15) is 0 Å². The number of ether oxygens (including phenoxy) is 1. The first-order valence-electron chi connectivity index (χ1n) is 6.09. The van der Waals surface area contributed by atoms with Crippen molar-refractivity contribution in [3.05, 3.63) is 47.8 Å². The second-order valence-electron chi connectivity index (χ2n) is 4.17. The van der Waals surface area contributed by atoms with Crippen molar-refractivity contribution in [2.75, 3.05) is 7.11 Å². The fourth-order valence-corrected chi connectivity index (χ4v) is 1.98. The van der Waals surface area contributed by atoms with Crippen LogP contribution in [-0.2, 0) is 6.42 Å². The van der Waals surface area contributed by atoms with E-state index < -0.39 is 5.91 Å². The molecule has 0 aliphatic heterocycles. The van der Waals surface area contributed by atoms with Crippen LogP contribution in [0.15, 0.2) is 36.5 Å². The molecule has 19 heavy (non-hydrogen) atoms. The number of nitrogens with two attached hydrogens (primary N) is 1. The number of hydrogen-bond donors (Lipinski definition) is 1. The number of carbonyl (C=O) groups is 1. The smallest absolute Gasteiger partial charge is 0.267 e. The van der Waals surface area contributed by atoms with Crippen molar-refractivity contribution in [2.24, 2.45) is 5.73 Å². The molecule has 0 fully saturated rings. The number of rotatable bonds is 4. The minimum absolute atomic E-state index is 0.270. The number of aryl methyl sites for hydroxylation is 1. The number of hydrogen-bond acceptors (Lipinski definition) is 3. The molecule has 0 aliphatic carbocycles. The van der Waals surface area contributed by atoms with Crippen molar-refractivity contribution in [3.8, 4) is 16.9 Å². The molecule has 2 aromatic rings. The van der Waals surface area contributed by atoms with Crippen molar-refractivity contribution in [1.29, 1.82) is 0 Å². The van der Waals surface area contributed by atoms with Crippen LogP contribution >= 0.6 is 0 Å². The molecule has 0 spiro atoms. The molecule has 1 amide bonds. The molecule has 0 atom stereocenters. The molecule has 0 saturated heterocycles.